The number of benzene rings is 3. The van der Waals surface area contributed by atoms with Gasteiger partial charge in [0.15, 0.2) is 0 Å². The first-order valence-electron chi connectivity index (χ1n) is 7.18. The molecule has 106 valence electrons. The van der Waals surface area contributed by atoms with Gasteiger partial charge < -0.3 is 5.73 Å². The molecule has 2 N–H and O–H groups in total. The molecule has 0 aliphatic heterocycles. The molecule has 1 atom stereocenters. The van der Waals surface area contributed by atoms with Crippen LogP contribution < -0.4 is 5.73 Å². The fourth-order valence-electron chi connectivity index (χ4n) is 2.81. The van der Waals surface area contributed by atoms with Crippen molar-refractivity contribution in [2.45, 2.75) is 18.9 Å². The smallest absolute Gasteiger partial charge is 0.123 e. The molecule has 0 aliphatic carbocycles. The van der Waals surface area contributed by atoms with E-state index >= 15 is 0 Å². The Morgan fingerprint density at radius 3 is 2.29 bits per heavy atom. The van der Waals surface area contributed by atoms with Gasteiger partial charge in [-0.25, -0.2) is 4.39 Å². The third-order valence-corrected chi connectivity index (χ3v) is 4.16. The average molecular weight is 279 g/mol. The van der Waals surface area contributed by atoms with Crippen molar-refractivity contribution in [1.82, 2.24) is 0 Å². The molecule has 0 bridgehead atoms. The standard InChI is InChI=1S/C19H18FN/c1-2-19(21,16-8-5-9-18(20)13-16)17-11-10-14-6-3-4-7-15(14)12-17/h3-13H,2,21H2,1H3. The van der Waals surface area contributed by atoms with Crippen LogP contribution in [0.25, 0.3) is 10.8 Å². The first-order valence-corrected chi connectivity index (χ1v) is 7.18. The van der Waals surface area contributed by atoms with E-state index in [2.05, 4.69) is 24.3 Å². The van der Waals surface area contributed by atoms with E-state index in [0.717, 1.165) is 16.5 Å². The lowest BCUT2D eigenvalue weighted by Gasteiger charge is -2.30. The number of hydrogen-bond donors (Lipinski definition) is 1. The predicted octanol–water partition coefficient (Wildman–Crippen LogP) is 4.59. The average Bonchev–Trinajstić information content (AvgIpc) is 2.53. The van der Waals surface area contributed by atoms with Crippen LogP contribution in [0.1, 0.15) is 24.5 Å². The highest BCUT2D eigenvalue weighted by atomic mass is 19.1. The van der Waals surface area contributed by atoms with Gasteiger partial charge in [0.1, 0.15) is 5.82 Å². The molecule has 3 rings (SSSR count). The minimum atomic E-state index is -0.674. The van der Waals surface area contributed by atoms with E-state index < -0.39 is 5.54 Å². The summed E-state index contributed by atoms with van der Waals surface area (Å²) < 4.78 is 13.5. The lowest BCUT2D eigenvalue weighted by Crippen LogP contribution is -2.37. The van der Waals surface area contributed by atoms with Gasteiger partial charge in [-0.05, 0) is 46.5 Å². The molecule has 0 aliphatic rings. The summed E-state index contributed by atoms with van der Waals surface area (Å²) in [5.74, 6) is -0.253. The monoisotopic (exact) mass is 279 g/mol. The number of halogens is 1. The molecular weight excluding hydrogens is 261 g/mol. The second-order valence-corrected chi connectivity index (χ2v) is 5.40. The second-order valence-electron chi connectivity index (χ2n) is 5.40. The summed E-state index contributed by atoms with van der Waals surface area (Å²) in [6.07, 6.45) is 0.703. The lowest BCUT2D eigenvalue weighted by molar-refractivity contribution is 0.513. The zero-order valence-corrected chi connectivity index (χ0v) is 12.0. The Labute approximate surface area is 124 Å². The largest absolute Gasteiger partial charge is 0.318 e. The highest BCUT2D eigenvalue weighted by Gasteiger charge is 2.28. The third kappa shape index (κ3) is 2.43. The van der Waals surface area contributed by atoms with Gasteiger partial charge in [0.25, 0.3) is 0 Å². The SMILES string of the molecule is CCC(N)(c1cccc(F)c1)c1ccc2ccccc2c1. The molecule has 0 spiro atoms. The first kappa shape index (κ1) is 13.8. The Bertz CT molecular complexity index is 781. The predicted molar refractivity (Wildman–Crippen MR) is 85.6 cm³/mol. The second kappa shape index (κ2) is 5.30. The fourth-order valence-corrected chi connectivity index (χ4v) is 2.81. The van der Waals surface area contributed by atoms with Crippen molar-refractivity contribution in [2.24, 2.45) is 5.73 Å². The Kier molecular flexibility index (Phi) is 3.48. The van der Waals surface area contributed by atoms with E-state index in [4.69, 9.17) is 5.73 Å². The van der Waals surface area contributed by atoms with Crippen LogP contribution in [0.5, 0.6) is 0 Å². The zero-order chi connectivity index (χ0) is 14.9. The van der Waals surface area contributed by atoms with Crippen LogP contribution >= 0.6 is 0 Å². The van der Waals surface area contributed by atoms with Gasteiger partial charge in [0, 0.05) is 0 Å². The Morgan fingerprint density at radius 2 is 1.57 bits per heavy atom. The van der Waals surface area contributed by atoms with E-state index in [0.29, 0.717) is 6.42 Å². The van der Waals surface area contributed by atoms with Crippen LogP contribution in [-0.2, 0) is 5.54 Å². The van der Waals surface area contributed by atoms with E-state index in [1.807, 2.05) is 31.2 Å². The van der Waals surface area contributed by atoms with Crippen molar-refractivity contribution in [2.75, 3.05) is 0 Å². The quantitative estimate of drug-likeness (QED) is 0.745. The van der Waals surface area contributed by atoms with Crippen molar-refractivity contribution in [3.8, 4) is 0 Å². The van der Waals surface area contributed by atoms with Crippen LogP contribution in [0.4, 0.5) is 4.39 Å². The molecule has 0 heterocycles. The minimum absolute atomic E-state index is 0.253. The molecule has 0 saturated carbocycles. The van der Waals surface area contributed by atoms with E-state index in [1.54, 1.807) is 6.07 Å². The van der Waals surface area contributed by atoms with Crippen LogP contribution in [0, 0.1) is 5.82 Å². The summed E-state index contributed by atoms with van der Waals surface area (Å²) in [7, 11) is 0. The van der Waals surface area contributed by atoms with E-state index in [1.165, 1.54) is 17.5 Å². The molecular formula is C19H18FN. The Hall–Kier alpha value is -2.19. The number of nitrogens with two attached hydrogens (primary N) is 1. The van der Waals surface area contributed by atoms with Gasteiger partial charge in [-0.3, -0.25) is 0 Å². The lowest BCUT2D eigenvalue weighted by atomic mass is 9.81. The van der Waals surface area contributed by atoms with Crippen LogP contribution in [0.3, 0.4) is 0 Å². The summed E-state index contributed by atoms with van der Waals surface area (Å²) in [6, 6.07) is 21.0. The number of hydrogen-bond acceptors (Lipinski definition) is 1. The zero-order valence-electron chi connectivity index (χ0n) is 12.0. The Balaban J connectivity index is 2.16. The molecule has 3 aromatic carbocycles. The molecule has 0 aromatic heterocycles. The number of fused-ring (bicyclic) bond motifs is 1. The van der Waals surface area contributed by atoms with Gasteiger partial charge in [-0.1, -0.05) is 55.5 Å². The summed E-state index contributed by atoms with van der Waals surface area (Å²) in [4.78, 5) is 0. The maximum atomic E-state index is 13.5. The summed E-state index contributed by atoms with van der Waals surface area (Å²) in [6.45, 7) is 2.03. The molecule has 0 fully saturated rings. The maximum Gasteiger partial charge on any atom is 0.123 e. The van der Waals surface area contributed by atoms with Gasteiger partial charge in [0.05, 0.1) is 5.54 Å². The molecule has 1 unspecified atom stereocenters. The van der Waals surface area contributed by atoms with E-state index in [-0.39, 0.29) is 5.82 Å². The molecule has 0 saturated heterocycles. The van der Waals surface area contributed by atoms with Crippen LogP contribution in [0.15, 0.2) is 66.7 Å². The molecule has 0 radical (unpaired) electrons. The van der Waals surface area contributed by atoms with Gasteiger partial charge in [-0.2, -0.15) is 0 Å². The van der Waals surface area contributed by atoms with Crippen molar-refractivity contribution in [3.05, 3.63) is 83.7 Å². The van der Waals surface area contributed by atoms with Crippen molar-refractivity contribution >= 4 is 10.8 Å². The van der Waals surface area contributed by atoms with Crippen LogP contribution in [-0.4, -0.2) is 0 Å². The molecule has 1 nitrogen and oxygen atoms in total. The van der Waals surface area contributed by atoms with Crippen molar-refractivity contribution in [1.29, 1.82) is 0 Å². The highest BCUT2D eigenvalue weighted by Crippen LogP contribution is 2.32. The van der Waals surface area contributed by atoms with E-state index in [9.17, 15) is 4.39 Å². The maximum absolute atomic E-state index is 13.5. The topological polar surface area (TPSA) is 26.0 Å². The molecule has 0 amide bonds. The Morgan fingerprint density at radius 1 is 0.857 bits per heavy atom. The minimum Gasteiger partial charge on any atom is -0.318 e. The van der Waals surface area contributed by atoms with Gasteiger partial charge >= 0.3 is 0 Å². The summed E-state index contributed by atoms with van der Waals surface area (Å²) in [5.41, 5.74) is 7.77. The van der Waals surface area contributed by atoms with Gasteiger partial charge in [-0.15, -0.1) is 0 Å². The third-order valence-electron chi connectivity index (χ3n) is 4.16. The van der Waals surface area contributed by atoms with Crippen LogP contribution in [0.2, 0.25) is 0 Å². The first-order chi connectivity index (χ1) is 10.1. The molecule has 21 heavy (non-hydrogen) atoms. The molecule has 2 heteroatoms. The summed E-state index contributed by atoms with van der Waals surface area (Å²) in [5, 5.41) is 2.33. The van der Waals surface area contributed by atoms with Crippen molar-refractivity contribution < 1.29 is 4.39 Å². The van der Waals surface area contributed by atoms with Crippen molar-refractivity contribution in [3.63, 3.8) is 0 Å². The van der Waals surface area contributed by atoms with Gasteiger partial charge in [0.2, 0.25) is 0 Å². The highest BCUT2D eigenvalue weighted by molar-refractivity contribution is 5.83. The molecule has 3 aromatic rings. The fraction of sp³-hybridized carbons (Fsp3) is 0.158. The summed E-state index contributed by atoms with van der Waals surface area (Å²) >= 11 is 0. The number of rotatable bonds is 3. The normalized spacial score (nSPS) is 14.0.